The summed E-state index contributed by atoms with van der Waals surface area (Å²) in [5, 5.41) is 3.48. The Labute approximate surface area is 118 Å². The number of amides is 2. The van der Waals surface area contributed by atoms with E-state index < -0.39 is 0 Å². The molecule has 2 aliphatic heterocycles. The molecule has 106 valence electrons. The third-order valence-corrected chi connectivity index (χ3v) is 5.81. The van der Waals surface area contributed by atoms with E-state index in [0.717, 1.165) is 19.4 Å². The van der Waals surface area contributed by atoms with Crippen molar-refractivity contribution in [1.82, 2.24) is 10.2 Å². The molecule has 0 spiro atoms. The number of nitrogens with one attached hydrogen (secondary N) is 1. The second-order valence-corrected chi connectivity index (χ2v) is 7.28. The maximum Gasteiger partial charge on any atom is 0.246 e. The average Bonchev–Trinajstić information content (AvgIpc) is 3.11. The Morgan fingerprint density at radius 1 is 1.32 bits per heavy atom. The highest BCUT2D eigenvalue weighted by atomic mass is 32.2. The van der Waals surface area contributed by atoms with Gasteiger partial charge in [-0.05, 0) is 43.8 Å². The molecule has 0 aromatic heterocycles. The second kappa shape index (κ2) is 5.35. The largest absolute Gasteiger partial charge is 0.342 e. The van der Waals surface area contributed by atoms with Gasteiger partial charge in [-0.15, -0.1) is 0 Å². The molecule has 3 fully saturated rings. The van der Waals surface area contributed by atoms with Crippen LogP contribution < -0.4 is 5.32 Å². The number of carbonyl (C=O) groups excluding carboxylic acids is 2. The van der Waals surface area contributed by atoms with Crippen LogP contribution in [0.1, 0.15) is 39.0 Å². The fourth-order valence-electron chi connectivity index (χ4n) is 3.16. The van der Waals surface area contributed by atoms with Crippen LogP contribution in [0.25, 0.3) is 0 Å². The van der Waals surface area contributed by atoms with Crippen molar-refractivity contribution in [2.75, 3.05) is 12.3 Å². The molecule has 3 atom stereocenters. The number of hydrogen-bond donors (Lipinski definition) is 1. The summed E-state index contributed by atoms with van der Waals surface area (Å²) in [6, 6.07) is -0.481. The summed E-state index contributed by atoms with van der Waals surface area (Å²) in [4.78, 5) is 26.7. The number of carbonyl (C=O) groups is 2. The molecule has 0 aromatic carbocycles. The molecular formula is C14H22N2O2S. The van der Waals surface area contributed by atoms with E-state index in [2.05, 4.69) is 5.32 Å². The van der Waals surface area contributed by atoms with Gasteiger partial charge < -0.3 is 10.2 Å². The summed E-state index contributed by atoms with van der Waals surface area (Å²) in [5.74, 6) is 1.82. The maximum absolute atomic E-state index is 12.6. The monoisotopic (exact) mass is 282 g/mol. The molecule has 0 radical (unpaired) electrons. The molecule has 1 N–H and O–H groups in total. The lowest BCUT2D eigenvalue weighted by molar-refractivity contribution is -0.150. The zero-order chi connectivity index (χ0) is 13.4. The lowest BCUT2D eigenvalue weighted by Crippen LogP contribution is -2.64. The van der Waals surface area contributed by atoms with Crippen LogP contribution in [0.15, 0.2) is 0 Å². The normalized spacial score (nSPS) is 35.6. The van der Waals surface area contributed by atoms with Crippen molar-refractivity contribution in [2.24, 2.45) is 5.92 Å². The number of thioether (sulfide) groups is 1. The highest BCUT2D eigenvalue weighted by molar-refractivity contribution is 8.00. The number of hydrogen-bond acceptors (Lipinski definition) is 3. The lowest BCUT2D eigenvalue weighted by Gasteiger charge is -2.40. The minimum Gasteiger partial charge on any atom is -0.342 e. The van der Waals surface area contributed by atoms with E-state index in [9.17, 15) is 9.59 Å². The van der Waals surface area contributed by atoms with Gasteiger partial charge in [0.2, 0.25) is 11.8 Å². The summed E-state index contributed by atoms with van der Waals surface area (Å²) in [6.07, 6.45) is 5.30. The van der Waals surface area contributed by atoms with E-state index in [4.69, 9.17) is 0 Å². The number of piperazine rings is 1. The van der Waals surface area contributed by atoms with Crippen LogP contribution >= 0.6 is 11.8 Å². The topological polar surface area (TPSA) is 49.4 Å². The molecule has 3 aliphatic rings. The molecule has 0 bridgehead atoms. The Hall–Kier alpha value is -0.710. The molecular weight excluding hydrogens is 260 g/mol. The van der Waals surface area contributed by atoms with Crippen molar-refractivity contribution >= 4 is 23.6 Å². The minimum atomic E-state index is -0.247. The van der Waals surface area contributed by atoms with Crippen LogP contribution in [0, 0.1) is 5.92 Å². The van der Waals surface area contributed by atoms with Crippen molar-refractivity contribution in [3.8, 4) is 0 Å². The van der Waals surface area contributed by atoms with Crippen LogP contribution in [-0.4, -0.2) is 46.3 Å². The highest BCUT2D eigenvalue weighted by Crippen LogP contribution is 2.36. The SMILES string of the molecule is CCC1C(=O)NC(C2CC2)C(=O)N1CC1CCCS1. The predicted octanol–water partition coefficient (Wildman–Crippen LogP) is 1.40. The fourth-order valence-corrected chi connectivity index (χ4v) is 4.43. The molecule has 0 aromatic rings. The van der Waals surface area contributed by atoms with Gasteiger partial charge in [-0.1, -0.05) is 6.92 Å². The molecule has 2 heterocycles. The van der Waals surface area contributed by atoms with E-state index >= 15 is 0 Å². The first-order valence-electron chi connectivity index (χ1n) is 7.43. The molecule has 4 nitrogen and oxygen atoms in total. The van der Waals surface area contributed by atoms with Gasteiger partial charge in [0, 0.05) is 11.8 Å². The molecule has 2 saturated heterocycles. The van der Waals surface area contributed by atoms with Crippen molar-refractivity contribution in [3.05, 3.63) is 0 Å². The van der Waals surface area contributed by atoms with E-state index in [1.165, 1.54) is 18.6 Å². The van der Waals surface area contributed by atoms with Gasteiger partial charge in [-0.3, -0.25) is 9.59 Å². The van der Waals surface area contributed by atoms with E-state index in [0.29, 0.717) is 17.6 Å². The quantitative estimate of drug-likeness (QED) is 0.848. The molecule has 19 heavy (non-hydrogen) atoms. The molecule has 1 aliphatic carbocycles. The summed E-state index contributed by atoms with van der Waals surface area (Å²) in [6.45, 7) is 2.75. The number of nitrogens with zero attached hydrogens (tertiary/aromatic N) is 1. The van der Waals surface area contributed by atoms with E-state index in [1.54, 1.807) is 0 Å². The van der Waals surface area contributed by atoms with Gasteiger partial charge in [0.05, 0.1) is 0 Å². The van der Waals surface area contributed by atoms with Crippen molar-refractivity contribution in [2.45, 2.75) is 56.4 Å². The van der Waals surface area contributed by atoms with Gasteiger partial charge >= 0.3 is 0 Å². The summed E-state index contributed by atoms with van der Waals surface area (Å²) >= 11 is 1.95. The highest BCUT2D eigenvalue weighted by Gasteiger charge is 2.46. The lowest BCUT2D eigenvalue weighted by atomic mass is 10.0. The summed E-state index contributed by atoms with van der Waals surface area (Å²) in [7, 11) is 0. The predicted molar refractivity (Wildman–Crippen MR) is 75.9 cm³/mol. The van der Waals surface area contributed by atoms with Gasteiger partial charge in [-0.25, -0.2) is 0 Å². The van der Waals surface area contributed by atoms with E-state index in [1.807, 2.05) is 23.6 Å². The van der Waals surface area contributed by atoms with Gasteiger partial charge in [0.1, 0.15) is 12.1 Å². The van der Waals surface area contributed by atoms with Crippen LogP contribution in [0.5, 0.6) is 0 Å². The van der Waals surface area contributed by atoms with Crippen molar-refractivity contribution < 1.29 is 9.59 Å². The first kappa shape index (κ1) is 13.3. The Morgan fingerprint density at radius 2 is 2.11 bits per heavy atom. The maximum atomic E-state index is 12.6. The standard InChI is InChI=1S/C14H22N2O2S/c1-2-11-13(17)15-12(9-5-6-9)14(18)16(11)8-10-4-3-7-19-10/h9-12H,2-8H2,1H3,(H,15,17). The van der Waals surface area contributed by atoms with Gasteiger partial charge in [0.25, 0.3) is 0 Å². The first-order valence-corrected chi connectivity index (χ1v) is 8.48. The van der Waals surface area contributed by atoms with Crippen LogP contribution in [-0.2, 0) is 9.59 Å². The smallest absolute Gasteiger partial charge is 0.246 e. The van der Waals surface area contributed by atoms with Crippen LogP contribution in [0.4, 0.5) is 0 Å². The minimum absolute atomic E-state index is 0.0574. The Morgan fingerprint density at radius 3 is 2.68 bits per heavy atom. The average molecular weight is 282 g/mol. The van der Waals surface area contributed by atoms with Crippen molar-refractivity contribution in [1.29, 1.82) is 0 Å². The zero-order valence-electron chi connectivity index (χ0n) is 11.4. The van der Waals surface area contributed by atoms with Crippen LogP contribution in [0.2, 0.25) is 0 Å². The Balaban J connectivity index is 1.74. The van der Waals surface area contributed by atoms with Gasteiger partial charge in [-0.2, -0.15) is 11.8 Å². The fraction of sp³-hybridized carbons (Fsp3) is 0.857. The first-order chi connectivity index (χ1) is 9.20. The Kier molecular flexibility index (Phi) is 3.74. The van der Waals surface area contributed by atoms with Crippen LogP contribution in [0.3, 0.4) is 0 Å². The third-order valence-electron chi connectivity index (χ3n) is 4.43. The third kappa shape index (κ3) is 2.62. The van der Waals surface area contributed by atoms with Gasteiger partial charge in [0.15, 0.2) is 0 Å². The molecule has 3 rings (SSSR count). The molecule has 2 amide bonds. The Bertz CT molecular complexity index is 378. The van der Waals surface area contributed by atoms with E-state index in [-0.39, 0.29) is 23.9 Å². The zero-order valence-corrected chi connectivity index (χ0v) is 12.2. The molecule has 5 heteroatoms. The van der Waals surface area contributed by atoms with Crippen molar-refractivity contribution in [3.63, 3.8) is 0 Å². The summed E-state index contributed by atoms with van der Waals surface area (Å²) in [5.41, 5.74) is 0. The second-order valence-electron chi connectivity index (χ2n) is 5.87. The molecule has 1 saturated carbocycles. The molecule has 3 unspecified atom stereocenters. The number of rotatable bonds is 4. The summed E-state index contributed by atoms with van der Waals surface area (Å²) < 4.78 is 0.